The summed E-state index contributed by atoms with van der Waals surface area (Å²) in [6.07, 6.45) is 2.77. The van der Waals surface area contributed by atoms with E-state index in [9.17, 15) is 0 Å². The first-order chi connectivity index (χ1) is 10.3. The van der Waals surface area contributed by atoms with Crippen molar-refractivity contribution < 1.29 is 0 Å². The molecular weight excluding hydrogens is 264 g/mol. The fourth-order valence-electron chi connectivity index (χ4n) is 2.37. The molecule has 6 heteroatoms. The summed E-state index contributed by atoms with van der Waals surface area (Å²) in [6, 6.07) is 8.20. The summed E-state index contributed by atoms with van der Waals surface area (Å²) in [4.78, 5) is 11.1. The highest BCUT2D eigenvalue weighted by Gasteiger charge is 2.07. The zero-order chi connectivity index (χ0) is 14.7. The summed E-state index contributed by atoms with van der Waals surface area (Å²) >= 11 is 0. The molecule has 3 rings (SSSR count). The van der Waals surface area contributed by atoms with Gasteiger partial charge >= 0.3 is 0 Å². The van der Waals surface area contributed by atoms with E-state index in [1.54, 1.807) is 0 Å². The zero-order valence-corrected chi connectivity index (χ0v) is 12.5. The number of nitrogens with zero attached hydrogens (tertiary/aromatic N) is 5. The van der Waals surface area contributed by atoms with E-state index in [0.29, 0.717) is 0 Å². The van der Waals surface area contributed by atoms with Gasteiger partial charge in [-0.3, -0.25) is 10.00 Å². The first-order valence-electron chi connectivity index (χ1n) is 7.25. The van der Waals surface area contributed by atoms with Crippen LogP contribution >= 0.6 is 0 Å². The highest BCUT2D eigenvalue weighted by atomic mass is 15.2. The fraction of sp³-hybridized carbons (Fsp3) is 0.400. The van der Waals surface area contributed by atoms with Gasteiger partial charge in [0.25, 0.3) is 0 Å². The molecule has 3 aromatic rings. The van der Waals surface area contributed by atoms with E-state index in [2.05, 4.69) is 49.7 Å². The smallest absolute Gasteiger partial charge is 0.150 e. The van der Waals surface area contributed by atoms with Gasteiger partial charge in [0, 0.05) is 19.5 Å². The van der Waals surface area contributed by atoms with E-state index in [1.165, 1.54) is 5.52 Å². The minimum Gasteiger partial charge on any atom is -0.329 e. The van der Waals surface area contributed by atoms with Gasteiger partial charge in [0.15, 0.2) is 0 Å². The number of likely N-dealkylation sites (N-methyl/N-ethyl adjacent to an activating group) is 1. The number of aryl methyl sites for hydroxylation is 1. The van der Waals surface area contributed by atoms with Crippen molar-refractivity contribution in [3.05, 3.63) is 42.2 Å². The van der Waals surface area contributed by atoms with Crippen molar-refractivity contribution in [2.45, 2.75) is 26.4 Å². The molecule has 0 aliphatic carbocycles. The highest BCUT2D eigenvalue weighted by molar-refractivity contribution is 5.74. The van der Waals surface area contributed by atoms with Gasteiger partial charge in [-0.2, -0.15) is 5.10 Å². The number of benzene rings is 1. The molecule has 0 atom stereocenters. The van der Waals surface area contributed by atoms with Crippen LogP contribution in [-0.2, 0) is 19.5 Å². The number of fused-ring (bicyclic) bond motifs is 1. The normalized spacial score (nSPS) is 11.6. The molecule has 0 fully saturated rings. The van der Waals surface area contributed by atoms with E-state index >= 15 is 0 Å². The van der Waals surface area contributed by atoms with Gasteiger partial charge in [0.2, 0.25) is 0 Å². The van der Waals surface area contributed by atoms with Crippen LogP contribution in [0.15, 0.2) is 30.6 Å². The van der Waals surface area contributed by atoms with Gasteiger partial charge in [-0.1, -0.05) is 19.1 Å². The fourth-order valence-corrected chi connectivity index (χ4v) is 2.37. The van der Waals surface area contributed by atoms with Crippen LogP contribution in [0.1, 0.15) is 18.6 Å². The first kappa shape index (κ1) is 13.8. The van der Waals surface area contributed by atoms with Crippen LogP contribution in [0.25, 0.3) is 11.0 Å². The largest absolute Gasteiger partial charge is 0.329 e. The molecule has 0 spiro atoms. The van der Waals surface area contributed by atoms with E-state index < -0.39 is 0 Å². The SMILES string of the molecule is CCc1n[nH]c(CN(C)CCn2cnc3ccccc32)n1. The topological polar surface area (TPSA) is 62.6 Å². The van der Waals surface area contributed by atoms with E-state index in [0.717, 1.165) is 43.2 Å². The van der Waals surface area contributed by atoms with Gasteiger partial charge in [0.05, 0.1) is 23.9 Å². The lowest BCUT2D eigenvalue weighted by molar-refractivity contribution is 0.305. The van der Waals surface area contributed by atoms with Crippen molar-refractivity contribution in [2.24, 2.45) is 0 Å². The number of nitrogens with one attached hydrogen (secondary N) is 1. The second-order valence-electron chi connectivity index (χ2n) is 5.22. The van der Waals surface area contributed by atoms with Gasteiger partial charge in [0.1, 0.15) is 11.6 Å². The van der Waals surface area contributed by atoms with Crippen LogP contribution in [0.4, 0.5) is 0 Å². The Kier molecular flexibility index (Phi) is 3.96. The predicted molar refractivity (Wildman–Crippen MR) is 81.8 cm³/mol. The average Bonchev–Trinajstić information content (AvgIpc) is 3.11. The number of hydrogen-bond donors (Lipinski definition) is 1. The number of hydrogen-bond acceptors (Lipinski definition) is 4. The molecule has 2 aromatic heterocycles. The molecule has 0 radical (unpaired) electrons. The molecule has 0 amide bonds. The molecule has 0 aliphatic heterocycles. The van der Waals surface area contributed by atoms with Crippen LogP contribution in [0.5, 0.6) is 0 Å². The lowest BCUT2D eigenvalue weighted by Gasteiger charge is -2.15. The zero-order valence-electron chi connectivity index (χ0n) is 12.5. The van der Waals surface area contributed by atoms with E-state index in [1.807, 2.05) is 24.5 Å². The second kappa shape index (κ2) is 6.05. The van der Waals surface area contributed by atoms with Crippen molar-refractivity contribution in [2.75, 3.05) is 13.6 Å². The lowest BCUT2D eigenvalue weighted by atomic mass is 10.3. The van der Waals surface area contributed by atoms with E-state index in [4.69, 9.17) is 0 Å². The molecule has 1 N–H and O–H groups in total. The van der Waals surface area contributed by atoms with Crippen LogP contribution in [0.3, 0.4) is 0 Å². The van der Waals surface area contributed by atoms with Crippen molar-refractivity contribution in [1.82, 2.24) is 29.6 Å². The van der Waals surface area contributed by atoms with Crippen LogP contribution < -0.4 is 0 Å². The first-order valence-corrected chi connectivity index (χ1v) is 7.25. The summed E-state index contributed by atoms with van der Waals surface area (Å²) in [5.41, 5.74) is 2.22. The molecule has 2 heterocycles. The van der Waals surface area contributed by atoms with Crippen molar-refractivity contribution in [3.8, 4) is 0 Å². The monoisotopic (exact) mass is 284 g/mol. The Labute approximate surface area is 123 Å². The van der Waals surface area contributed by atoms with Crippen molar-refractivity contribution in [3.63, 3.8) is 0 Å². The Hall–Kier alpha value is -2.21. The summed E-state index contributed by atoms with van der Waals surface area (Å²) in [5, 5.41) is 7.15. The maximum Gasteiger partial charge on any atom is 0.150 e. The summed E-state index contributed by atoms with van der Waals surface area (Å²) in [7, 11) is 2.09. The molecule has 0 unspecified atom stereocenters. The van der Waals surface area contributed by atoms with Crippen LogP contribution in [-0.4, -0.2) is 43.2 Å². The maximum absolute atomic E-state index is 4.44. The van der Waals surface area contributed by atoms with Gasteiger partial charge < -0.3 is 4.57 Å². The number of aromatic nitrogens is 5. The number of aromatic amines is 1. The molecule has 0 saturated heterocycles. The number of rotatable bonds is 6. The van der Waals surface area contributed by atoms with Gasteiger partial charge in [-0.25, -0.2) is 9.97 Å². The van der Waals surface area contributed by atoms with Crippen LogP contribution in [0, 0.1) is 0 Å². The third-order valence-corrected chi connectivity index (χ3v) is 3.56. The molecule has 110 valence electrons. The molecular formula is C15H20N6. The van der Waals surface area contributed by atoms with Crippen molar-refractivity contribution >= 4 is 11.0 Å². The third-order valence-electron chi connectivity index (χ3n) is 3.56. The third kappa shape index (κ3) is 3.11. The lowest BCUT2D eigenvalue weighted by Crippen LogP contribution is -2.23. The Morgan fingerprint density at radius 3 is 2.95 bits per heavy atom. The maximum atomic E-state index is 4.44. The Bertz CT molecular complexity index is 714. The van der Waals surface area contributed by atoms with Crippen molar-refractivity contribution in [1.29, 1.82) is 0 Å². The second-order valence-corrected chi connectivity index (χ2v) is 5.22. The Morgan fingerprint density at radius 1 is 1.29 bits per heavy atom. The van der Waals surface area contributed by atoms with E-state index in [-0.39, 0.29) is 0 Å². The summed E-state index contributed by atoms with van der Waals surface area (Å²) in [6.45, 7) is 4.68. The van der Waals surface area contributed by atoms with Gasteiger partial charge in [-0.15, -0.1) is 0 Å². The number of para-hydroxylation sites is 2. The molecule has 1 aromatic carbocycles. The molecule has 0 saturated carbocycles. The number of imidazole rings is 1. The Balaban J connectivity index is 1.59. The quantitative estimate of drug-likeness (QED) is 0.750. The molecule has 21 heavy (non-hydrogen) atoms. The molecule has 0 bridgehead atoms. The molecule has 0 aliphatic rings. The standard InChI is InChI=1S/C15H20N6/c1-3-14-17-15(19-18-14)10-20(2)8-9-21-11-16-12-6-4-5-7-13(12)21/h4-7,11H,3,8-10H2,1-2H3,(H,17,18,19). The summed E-state index contributed by atoms with van der Waals surface area (Å²) < 4.78 is 2.18. The van der Waals surface area contributed by atoms with Crippen LogP contribution in [0.2, 0.25) is 0 Å². The summed E-state index contributed by atoms with van der Waals surface area (Å²) in [5.74, 6) is 1.80. The molecule has 6 nitrogen and oxygen atoms in total. The average molecular weight is 284 g/mol. The minimum absolute atomic E-state index is 0.777. The minimum atomic E-state index is 0.777. The highest BCUT2D eigenvalue weighted by Crippen LogP contribution is 2.11. The van der Waals surface area contributed by atoms with Gasteiger partial charge in [-0.05, 0) is 19.2 Å². The Morgan fingerprint density at radius 2 is 2.14 bits per heavy atom. The predicted octanol–water partition coefficient (Wildman–Crippen LogP) is 1.85. The number of H-pyrrole nitrogens is 1.